The molecule has 3 atom stereocenters. The smallest absolute Gasteiger partial charge is 0.407 e. The van der Waals surface area contributed by atoms with Crippen molar-refractivity contribution in [3.05, 3.63) is 52.3 Å². The summed E-state index contributed by atoms with van der Waals surface area (Å²) in [4.78, 5) is 54.0. The van der Waals surface area contributed by atoms with Crippen molar-refractivity contribution in [2.45, 2.75) is 70.4 Å². The first-order valence-corrected chi connectivity index (χ1v) is 14.2. The maximum absolute atomic E-state index is 12.7. The van der Waals surface area contributed by atoms with Gasteiger partial charge in [-0.3, -0.25) is 9.59 Å². The number of aromatic amines is 1. The van der Waals surface area contributed by atoms with E-state index in [1.54, 1.807) is 0 Å². The zero-order chi connectivity index (χ0) is 28.5. The van der Waals surface area contributed by atoms with Crippen molar-refractivity contribution in [3.8, 4) is 5.75 Å². The zero-order valence-electron chi connectivity index (χ0n) is 23.3. The monoisotopic (exact) mass is 553 g/mol. The standard InChI is InChI=1S/C30H39N3O7/c1-3-39-27-21-13-7-8-15-23(21)32-28(35)22(27)14-6-4-5-11-20-12-9-17-25(20)40-30(37)31-19-26(34)33-18-10-16-24(33)29(36)38-2/h4,6-8,13,15,20,24-25H,3,5,9-12,14,16-19H2,1-2H3,(H,31,37)(H,32,35)/b6-4+/t20?,24?,25-/m1/s1. The largest absolute Gasteiger partial charge is 0.493 e. The molecule has 216 valence electrons. The van der Waals surface area contributed by atoms with Crippen LogP contribution in [0.3, 0.4) is 0 Å². The van der Waals surface area contributed by atoms with Gasteiger partial charge in [-0.15, -0.1) is 0 Å². The molecule has 1 aliphatic heterocycles. The minimum Gasteiger partial charge on any atom is -0.493 e. The molecular weight excluding hydrogens is 514 g/mol. The molecule has 2 N–H and O–H groups in total. The number of allylic oxidation sites excluding steroid dienone is 2. The normalized spacial score (nSPS) is 20.6. The van der Waals surface area contributed by atoms with Crippen LogP contribution < -0.4 is 15.6 Å². The van der Waals surface area contributed by atoms with Gasteiger partial charge in [-0.1, -0.05) is 24.3 Å². The minimum absolute atomic E-state index is 0.147. The number of hydrogen-bond donors (Lipinski definition) is 2. The molecule has 0 spiro atoms. The van der Waals surface area contributed by atoms with Crippen LogP contribution in [0.1, 0.15) is 57.4 Å². The van der Waals surface area contributed by atoms with E-state index in [4.69, 9.17) is 14.2 Å². The number of H-pyrrole nitrogens is 1. The molecule has 0 bridgehead atoms. The minimum atomic E-state index is -0.617. The number of fused-ring (bicyclic) bond motifs is 1. The number of alkyl carbamates (subject to hydrolysis) is 1. The fourth-order valence-electron chi connectivity index (χ4n) is 5.74. The fourth-order valence-corrected chi connectivity index (χ4v) is 5.74. The molecule has 2 fully saturated rings. The molecule has 2 aromatic rings. The van der Waals surface area contributed by atoms with E-state index in [9.17, 15) is 19.2 Å². The maximum Gasteiger partial charge on any atom is 0.407 e. The Hall–Kier alpha value is -3.82. The van der Waals surface area contributed by atoms with Gasteiger partial charge in [-0.25, -0.2) is 9.59 Å². The number of nitrogens with one attached hydrogen (secondary N) is 2. The molecule has 40 heavy (non-hydrogen) atoms. The molecular formula is C30H39N3O7. The van der Waals surface area contributed by atoms with Crippen LogP contribution in [-0.2, 0) is 25.5 Å². The summed E-state index contributed by atoms with van der Waals surface area (Å²) in [6.45, 7) is 2.63. The Kier molecular flexibility index (Phi) is 10.2. The predicted molar refractivity (Wildman–Crippen MR) is 150 cm³/mol. The number of hydrogen-bond acceptors (Lipinski definition) is 7. The number of aromatic nitrogens is 1. The topological polar surface area (TPSA) is 127 Å². The molecule has 0 radical (unpaired) electrons. The maximum atomic E-state index is 12.7. The summed E-state index contributed by atoms with van der Waals surface area (Å²) in [6.07, 6.45) is 9.37. The Morgan fingerprint density at radius 2 is 1.95 bits per heavy atom. The molecule has 2 amide bonds. The third-order valence-corrected chi connectivity index (χ3v) is 7.73. The Morgan fingerprint density at radius 3 is 2.75 bits per heavy atom. The molecule has 1 saturated heterocycles. The number of likely N-dealkylation sites (tertiary alicyclic amines) is 1. The van der Waals surface area contributed by atoms with Gasteiger partial charge in [0, 0.05) is 11.9 Å². The second-order valence-electron chi connectivity index (χ2n) is 10.2. The number of methoxy groups -OCH3 is 1. The number of pyridine rings is 1. The molecule has 1 aromatic heterocycles. The number of carbonyl (C=O) groups excluding carboxylic acids is 3. The molecule has 1 saturated carbocycles. The number of carbonyl (C=O) groups is 3. The summed E-state index contributed by atoms with van der Waals surface area (Å²) in [5, 5.41) is 3.44. The number of rotatable bonds is 11. The van der Waals surface area contributed by atoms with Crippen molar-refractivity contribution >= 4 is 28.9 Å². The van der Waals surface area contributed by atoms with Gasteiger partial charge in [0.15, 0.2) is 0 Å². The molecule has 1 aromatic carbocycles. The summed E-state index contributed by atoms with van der Waals surface area (Å²) >= 11 is 0. The Bertz CT molecular complexity index is 1290. The summed E-state index contributed by atoms with van der Waals surface area (Å²) < 4.78 is 16.3. The lowest BCUT2D eigenvalue weighted by atomic mass is 9.99. The van der Waals surface area contributed by atoms with Gasteiger partial charge in [-0.2, -0.15) is 0 Å². The van der Waals surface area contributed by atoms with Crippen LogP contribution in [0.15, 0.2) is 41.2 Å². The summed E-state index contributed by atoms with van der Waals surface area (Å²) in [6, 6.07) is 7.03. The summed E-state index contributed by atoms with van der Waals surface area (Å²) in [5.74, 6) is 0.105. The molecule has 10 nitrogen and oxygen atoms in total. The molecule has 2 heterocycles. The fraction of sp³-hybridized carbons (Fsp3) is 0.533. The number of benzene rings is 1. The summed E-state index contributed by atoms with van der Waals surface area (Å²) in [5.41, 5.74) is 1.22. The van der Waals surface area contributed by atoms with Crippen molar-refractivity contribution in [1.29, 1.82) is 0 Å². The van der Waals surface area contributed by atoms with Crippen molar-refractivity contribution in [3.63, 3.8) is 0 Å². The number of para-hydroxylation sites is 1. The first-order valence-electron chi connectivity index (χ1n) is 14.2. The molecule has 10 heteroatoms. The molecule has 4 rings (SSSR count). The van der Waals surface area contributed by atoms with E-state index in [1.165, 1.54) is 12.0 Å². The Morgan fingerprint density at radius 1 is 1.12 bits per heavy atom. The third-order valence-electron chi connectivity index (χ3n) is 7.73. The number of amides is 2. The number of ether oxygens (including phenoxy) is 3. The first kappa shape index (κ1) is 29.2. The van der Waals surface area contributed by atoms with Crippen LogP contribution in [-0.4, -0.2) is 66.8 Å². The van der Waals surface area contributed by atoms with Crippen molar-refractivity contribution in [2.75, 3.05) is 26.8 Å². The van der Waals surface area contributed by atoms with Crippen LogP contribution in [0.4, 0.5) is 4.79 Å². The highest BCUT2D eigenvalue weighted by Crippen LogP contribution is 2.32. The van der Waals surface area contributed by atoms with Crippen molar-refractivity contribution in [2.24, 2.45) is 5.92 Å². The second kappa shape index (κ2) is 14.0. The van der Waals surface area contributed by atoms with Crippen LogP contribution in [0.5, 0.6) is 5.75 Å². The van der Waals surface area contributed by atoms with E-state index >= 15 is 0 Å². The van der Waals surface area contributed by atoms with Crippen molar-refractivity contribution in [1.82, 2.24) is 15.2 Å². The van der Waals surface area contributed by atoms with E-state index in [0.717, 1.165) is 49.4 Å². The number of nitrogens with zero attached hydrogens (tertiary/aromatic N) is 1. The summed E-state index contributed by atoms with van der Waals surface area (Å²) in [7, 11) is 1.30. The highest BCUT2D eigenvalue weighted by Gasteiger charge is 2.35. The van der Waals surface area contributed by atoms with Gasteiger partial charge in [-0.05, 0) is 76.3 Å². The van der Waals surface area contributed by atoms with Gasteiger partial charge in [0.1, 0.15) is 24.4 Å². The lowest BCUT2D eigenvalue weighted by molar-refractivity contribution is -0.150. The lowest BCUT2D eigenvalue weighted by Crippen LogP contribution is -2.46. The predicted octanol–water partition coefficient (Wildman–Crippen LogP) is 3.86. The van der Waals surface area contributed by atoms with Crippen LogP contribution in [0, 0.1) is 5.92 Å². The highest BCUT2D eigenvalue weighted by molar-refractivity contribution is 5.88. The second-order valence-corrected chi connectivity index (χ2v) is 10.2. The third kappa shape index (κ3) is 7.03. The molecule has 2 unspecified atom stereocenters. The molecule has 2 aliphatic rings. The first-order chi connectivity index (χ1) is 19.4. The van der Waals surface area contributed by atoms with E-state index < -0.39 is 18.1 Å². The van der Waals surface area contributed by atoms with Gasteiger partial charge >= 0.3 is 12.1 Å². The van der Waals surface area contributed by atoms with Crippen LogP contribution >= 0.6 is 0 Å². The van der Waals surface area contributed by atoms with E-state index in [2.05, 4.69) is 16.4 Å². The van der Waals surface area contributed by atoms with Gasteiger partial charge in [0.05, 0.1) is 24.8 Å². The zero-order valence-corrected chi connectivity index (χ0v) is 23.3. The Balaban J connectivity index is 1.24. The van der Waals surface area contributed by atoms with E-state index in [1.807, 2.05) is 37.3 Å². The van der Waals surface area contributed by atoms with Gasteiger partial charge in [0.2, 0.25) is 5.91 Å². The van der Waals surface area contributed by atoms with E-state index in [0.29, 0.717) is 37.3 Å². The lowest BCUT2D eigenvalue weighted by Gasteiger charge is -2.23. The van der Waals surface area contributed by atoms with Gasteiger partial charge < -0.3 is 29.4 Å². The van der Waals surface area contributed by atoms with E-state index in [-0.39, 0.29) is 30.0 Å². The van der Waals surface area contributed by atoms with Crippen molar-refractivity contribution < 1.29 is 28.6 Å². The quantitative estimate of drug-likeness (QED) is 0.320. The Labute approximate surface area is 234 Å². The highest BCUT2D eigenvalue weighted by atomic mass is 16.6. The van der Waals surface area contributed by atoms with Crippen LogP contribution in [0.25, 0.3) is 10.9 Å². The van der Waals surface area contributed by atoms with Crippen LogP contribution in [0.2, 0.25) is 0 Å². The SMILES string of the molecule is CCOc1c(C/C=C/CCC2CCC[C@H]2OC(=O)NCC(=O)N2CCCC2C(=O)OC)c(=O)[nH]c2ccccc12. The average molecular weight is 554 g/mol. The molecule has 1 aliphatic carbocycles. The average Bonchev–Trinajstić information content (AvgIpc) is 3.62. The number of esters is 1. The van der Waals surface area contributed by atoms with Gasteiger partial charge in [0.25, 0.3) is 5.56 Å².